The first-order valence-corrected chi connectivity index (χ1v) is 6.36. The average Bonchev–Trinajstić information content (AvgIpc) is 2.78. The van der Waals surface area contributed by atoms with Crippen LogP contribution in [0.1, 0.15) is 12.0 Å². The summed E-state index contributed by atoms with van der Waals surface area (Å²) in [5, 5.41) is 3.14. The molecule has 0 bridgehead atoms. The Morgan fingerprint density at radius 2 is 2.32 bits per heavy atom. The number of nitrogens with one attached hydrogen (secondary N) is 1. The summed E-state index contributed by atoms with van der Waals surface area (Å²) in [6.45, 7) is 2.58. The van der Waals surface area contributed by atoms with Gasteiger partial charge in [0.2, 0.25) is 5.91 Å². The molecule has 1 aliphatic rings. The lowest BCUT2D eigenvalue weighted by atomic mass is 10.1. The Bertz CT molecular complexity index is 428. The lowest BCUT2D eigenvalue weighted by molar-refractivity contribution is -0.129. The predicted octanol–water partition coefficient (Wildman–Crippen LogP) is 1.86. The van der Waals surface area contributed by atoms with Crippen LogP contribution in [-0.2, 0) is 11.2 Å². The van der Waals surface area contributed by atoms with Crippen molar-refractivity contribution < 1.29 is 9.18 Å². The van der Waals surface area contributed by atoms with Gasteiger partial charge in [0.25, 0.3) is 0 Å². The number of benzene rings is 1. The van der Waals surface area contributed by atoms with Crippen molar-refractivity contribution in [3.63, 3.8) is 0 Å². The van der Waals surface area contributed by atoms with Crippen molar-refractivity contribution in [2.24, 2.45) is 5.92 Å². The minimum absolute atomic E-state index is 0. The summed E-state index contributed by atoms with van der Waals surface area (Å²) in [6.07, 6.45) is 1.35. The van der Waals surface area contributed by atoms with Crippen LogP contribution in [0.3, 0.4) is 0 Å². The molecule has 0 aromatic heterocycles. The predicted molar refractivity (Wildman–Crippen MR) is 76.0 cm³/mol. The van der Waals surface area contributed by atoms with Gasteiger partial charge in [-0.15, -0.1) is 12.4 Å². The van der Waals surface area contributed by atoms with Gasteiger partial charge in [0, 0.05) is 13.1 Å². The number of hydrogen-bond donors (Lipinski definition) is 1. The second-order valence-corrected chi connectivity index (χ2v) is 4.86. The molecule has 1 fully saturated rings. The third kappa shape index (κ3) is 4.48. The molecule has 3 nitrogen and oxygen atoms in total. The summed E-state index contributed by atoms with van der Waals surface area (Å²) in [6, 6.07) is 6.26. The zero-order valence-corrected chi connectivity index (χ0v) is 11.9. The van der Waals surface area contributed by atoms with E-state index in [9.17, 15) is 9.18 Å². The number of halogens is 2. The summed E-state index contributed by atoms with van der Waals surface area (Å²) in [5.74, 6) is 0.362. The minimum Gasteiger partial charge on any atom is -0.342 e. The largest absolute Gasteiger partial charge is 0.342 e. The third-order valence-electron chi connectivity index (χ3n) is 3.38. The fraction of sp³-hybridized carbons (Fsp3) is 0.500. The van der Waals surface area contributed by atoms with E-state index in [0.29, 0.717) is 12.3 Å². The zero-order chi connectivity index (χ0) is 13.0. The molecule has 19 heavy (non-hydrogen) atoms. The van der Waals surface area contributed by atoms with Crippen LogP contribution in [-0.4, -0.2) is 37.5 Å². The normalized spacial score (nSPS) is 18.2. The highest BCUT2D eigenvalue weighted by molar-refractivity contribution is 5.85. The Labute approximate surface area is 119 Å². The fourth-order valence-electron chi connectivity index (χ4n) is 2.45. The fourth-order valence-corrected chi connectivity index (χ4v) is 2.45. The Balaban J connectivity index is 0.00000180. The zero-order valence-electron chi connectivity index (χ0n) is 11.1. The monoisotopic (exact) mass is 286 g/mol. The minimum atomic E-state index is -0.283. The Morgan fingerprint density at radius 1 is 1.53 bits per heavy atom. The van der Waals surface area contributed by atoms with Gasteiger partial charge in [0.15, 0.2) is 0 Å². The number of hydrogen-bond acceptors (Lipinski definition) is 2. The van der Waals surface area contributed by atoms with E-state index >= 15 is 0 Å². The van der Waals surface area contributed by atoms with Gasteiger partial charge in [0.1, 0.15) is 5.82 Å². The van der Waals surface area contributed by atoms with Crippen molar-refractivity contribution in [2.45, 2.75) is 12.8 Å². The number of nitrogens with zero attached hydrogens (tertiary/aromatic N) is 1. The van der Waals surface area contributed by atoms with E-state index in [1.807, 2.05) is 11.9 Å². The SMILES string of the molecule is CNCC1CCN(C(=O)Cc2cccc(F)c2)C1.Cl. The molecule has 1 aromatic carbocycles. The third-order valence-corrected chi connectivity index (χ3v) is 3.38. The topological polar surface area (TPSA) is 32.3 Å². The lowest BCUT2D eigenvalue weighted by Crippen LogP contribution is -2.31. The van der Waals surface area contributed by atoms with E-state index in [0.717, 1.165) is 31.6 Å². The van der Waals surface area contributed by atoms with Crippen LogP contribution in [0.2, 0.25) is 0 Å². The quantitative estimate of drug-likeness (QED) is 0.916. The molecule has 0 aliphatic carbocycles. The van der Waals surface area contributed by atoms with Gasteiger partial charge in [0.05, 0.1) is 6.42 Å². The van der Waals surface area contributed by atoms with Crippen LogP contribution in [0.4, 0.5) is 4.39 Å². The molecule has 1 amide bonds. The van der Waals surface area contributed by atoms with Gasteiger partial charge in [-0.05, 0) is 43.6 Å². The van der Waals surface area contributed by atoms with E-state index in [1.54, 1.807) is 12.1 Å². The molecule has 1 heterocycles. The van der Waals surface area contributed by atoms with Crippen molar-refractivity contribution in [2.75, 3.05) is 26.7 Å². The van der Waals surface area contributed by atoms with Gasteiger partial charge in [-0.2, -0.15) is 0 Å². The summed E-state index contributed by atoms with van der Waals surface area (Å²) in [5.41, 5.74) is 0.747. The highest BCUT2D eigenvalue weighted by Crippen LogP contribution is 2.17. The molecule has 5 heteroatoms. The van der Waals surface area contributed by atoms with Crippen molar-refractivity contribution in [3.05, 3.63) is 35.6 Å². The smallest absolute Gasteiger partial charge is 0.227 e. The second-order valence-electron chi connectivity index (χ2n) is 4.86. The molecular formula is C14H20ClFN2O. The summed E-state index contributed by atoms with van der Waals surface area (Å²) in [4.78, 5) is 13.9. The summed E-state index contributed by atoms with van der Waals surface area (Å²) in [7, 11) is 1.93. The molecule has 1 unspecified atom stereocenters. The van der Waals surface area contributed by atoms with Crippen LogP contribution in [0.25, 0.3) is 0 Å². The van der Waals surface area contributed by atoms with E-state index in [2.05, 4.69) is 5.32 Å². The molecule has 0 radical (unpaired) electrons. The van der Waals surface area contributed by atoms with Gasteiger partial charge in [-0.25, -0.2) is 4.39 Å². The molecule has 106 valence electrons. The molecule has 0 saturated carbocycles. The van der Waals surface area contributed by atoms with E-state index in [4.69, 9.17) is 0 Å². The van der Waals surface area contributed by atoms with Crippen molar-refractivity contribution in [1.29, 1.82) is 0 Å². The van der Waals surface area contributed by atoms with Crippen LogP contribution in [0.15, 0.2) is 24.3 Å². The Kier molecular flexibility index (Phi) is 6.25. The van der Waals surface area contributed by atoms with Crippen LogP contribution in [0.5, 0.6) is 0 Å². The Morgan fingerprint density at radius 3 is 3.00 bits per heavy atom. The maximum Gasteiger partial charge on any atom is 0.227 e. The number of carbonyl (C=O) groups is 1. The van der Waals surface area contributed by atoms with Crippen molar-refractivity contribution in [1.82, 2.24) is 10.2 Å². The average molecular weight is 287 g/mol. The maximum absolute atomic E-state index is 13.0. The summed E-state index contributed by atoms with van der Waals surface area (Å²) < 4.78 is 13.0. The highest BCUT2D eigenvalue weighted by Gasteiger charge is 2.25. The molecule has 1 atom stereocenters. The lowest BCUT2D eigenvalue weighted by Gasteiger charge is -2.16. The van der Waals surface area contributed by atoms with Gasteiger partial charge in [-0.3, -0.25) is 4.79 Å². The second kappa shape index (κ2) is 7.46. The molecular weight excluding hydrogens is 267 g/mol. The van der Waals surface area contributed by atoms with Crippen molar-refractivity contribution in [3.8, 4) is 0 Å². The molecule has 1 aromatic rings. The molecule has 0 spiro atoms. The van der Waals surface area contributed by atoms with Gasteiger partial charge in [-0.1, -0.05) is 12.1 Å². The van der Waals surface area contributed by atoms with Gasteiger partial charge < -0.3 is 10.2 Å². The van der Waals surface area contributed by atoms with Crippen LogP contribution in [0, 0.1) is 11.7 Å². The molecule has 1 saturated heterocycles. The summed E-state index contributed by atoms with van der Waals surface area (Å²) >= 11 is 0. The Hall–Kier alpha value is -1.13. The maximum atomic E-state index is 13.0. The standard InChI is InChI=1S/C14H19FN2O.ClH/c1-16-9-12-5-6-17(10-12)14(18)8-11-3-2-4-13(15)7-11;/h2-4,7,12,16H,5-6,8-10H2,1H3;1H. The number of carbonyl (C=O) groups excluding carboxylic acids is 1. The van der Waals surface area contributed by atoms with E-state index in [1.165, 1.54) is 12.1 Å². The first-order valence-electron chi connectivity index (χ1n) is 6.36. The number of amides is 1. The first kappa shape index (κ1) is 15.9. The van der Waals surface area contributed by atoms with E-state index < -0.39 is 0 Å². The van der Waals surface area contributed by atoms with Crippen molar-refractivity contribution >= 4 is 18.3 Å². The van der Waals surface area contributed by atoms with Gasteiger partial charge >= 0.3 is 0 Å². The molecule has 1 N–H and O–H groups in total. The number of likely N-dealkylation sites (tertiary alicyclic amines) is 1. The number of rotatable bonds is 4. The van der Waals surface area contributed by atoms with Crippen LogP contribution >= 0.6 is 12.4 Å². The van der Waals surface area contributed by atoms with Crippen LogP contribution < -0.4 is 5.32 Å². The molecule has 2 rings (SSSR count). The highest BCUT2D eigenvalue weighted by atomic mass is 35.5. The molecule has 1 aliphatic heterocycles. The first-order chi connectivity index (χ1) is 8.69. The van der Waals surface area contributed by atoms with E-state index in [-0.39, 0.29) is 24.1 Å².